The molecule has 1 aromatic carbocycles. The SMILES string of the molecule is N=C1C(c2nc3ccc(N4CCCCC4)cc3[nH]2)=C(O)CN1Cc1ccncc1. The number of nitrogens with one attached hydrogen (secondary N) is 2. The highest BCUT2D eigenvalue weighted by molar-refractivity contribution is 6.23. The van der Waals surface area contributed by atoms with Gasteiger partial charge in [0.25, 0.3) is 0 Å². The molecule has 0 aliphatic carbocycles. The molecule has 2 aliphatic heterocycles. The van der Waals surface area contributed by atoms with E-state index in [1.807, 2.05) is 23.1 Å². The van der Waals surface area contributed by atoms with Crippen LogP contribution in [-0.4, -0.2) is 50.4 Å². The normalized spacial score (nSPS) is 17.6. The van der Waals surface area contributed by atoms with E-state index in [0.717, 1.165) is 29.7 Å². The van der Waals surface area contributed by atoms with Crippen molar-refractivity contribution in [2.24, 2.45) is 0 Å². The average Bonchev–Trinajstić information content (AvgIpc) is 3.28. The van der Waals surface area contributed by atoms with E-state index in [4.69, 9.17) is 5.41 Å². The predicted octanol–water partition coefficient (Wildman–Crippen LogP) is 3.71. The molecule has 148 valence electrons. The van der Waals surface area contributed by atoms with Crippen molar-refractivity contribution in [3.63, 3.8) is 0 Å². The number of imidazole rings is 1. The first kappa shape index (κ1) is 17.7. The van der Waals surface area contributed by atoms with Crippen LogP contribution in [0, 0.1) is 5.41 Å². The molecule has 2 aliphatic rings. The van der Waals surface area contributed by atoms with E-state index >= 15 is 0 Å². The summed E-state index contributed by atoms with van der Waals surface area (Å²) in [4.78, 5) is 16.3. The molecule has 0 bridgehead atoms. The molecule has 7 heteroatoms. The molecule has 0 atom stereocenters. The minimum Gasteiger partial charge on any atom is -0.510 e. The number of rotatable bonds is 4. The molecule has 7 nitrogen and oxygen atoms in total. The first-order valence-corrected chi connectivity index (χ1v) is 10.1. The monoisotopic (exact) mass is 388 g/mol. The summed E-state index contributed by atoms with van der Waals surface area (Å²) < 4.78 is 0. The van der Waals surface area contributed by atoms with Crippen LogP contribution >= 0.6 is 0 Å². The Morgan fingerprint density at radius 2 is 1.86 bits per heavy atom. The predicted molar refractivity (Wildman–Crippen MR) is 114 cm³/mol. The maximum atomic E-state index is 10.6. The second-order valence-corrected chi connectivity index (χ2v) is 7.72. The molecule has 0 radical (unpaired) electrons. The summed E-state index contributed by atoms with van der Waals surface area (Å²) in [7, 11) is 0. The van der Waals surface area contributed by atoms with E-state index < -0.39 is 0 Å². The molecule has 3 aromatic rings. The van der Waals surface area contributed by atoms with Crippen LogP contribution in [0.3, 0.4) is 0 Å². The maximum Gasteiger partial charge on any atom is 0.145 e. The summed E-state index contributed by atoms with van der Waals surface area (Å²) in [5.41, 5.74) is 4.51. The number of nitrogens with zero attached hydrogens (tertiary/aromatic N) is 4. The second kappa shape index (κ2) is 7.24. The third-order valence-corrected chi connectivity index (χ3v) is 5.73. The van der Waals surface area contributed by atoms with Gasteiger partial charge in [-0.25, -0.2) is 4.98 Å². The van der Waals surface area contributed by atoms with Crippen LogP contribution in [0.15, 0.2) is 48.5 Å². The zero-order chi connectivity index (χ0) is 19.8. The van der Waals surface area contributed by atoms with Crippen LogP contribution in [0.1, 0.15) is 30.7 Å². The standard InChI is InChI=1S/C22H24N6O/c23-21-20(19(29)14-28(21)13-15-6-8-24-9-7-15)22-25-17-5-4-16(12-18(17)26-22)27-10-2-1-3-11-27/h4-9,12,23,29H,1-3,10-11,13-14H2,(H,25,26). The lowest BCUT2D eigenvalue weighted by Gasteiger charge is -2.28. The number of aliphatic hydroxyl groups excluding tert-OH is 1. The molecule has 1 saturated heterocycles. The smallest absolute Gasteiger partial charge is 0.145 e. The Labute approximate surface area is 169 Å². The number of piperidine rings is 1. The van der Waals surface area contributed by atoms with Crippen molar-refractivity contribution in [3.8, 4) is 0 Å². The van der Waals surface area contributed by atoms with Crippen LogP contribution < -0.4 is 4.90 Å². The fourth-order valence-corrected chi connectivity index (χ4v) is 4.19. The number of fused-ring (bicyclic) bond motifs is 1. The van der Waals surface area contributed by atoms with Crippen LogP contribution in [0.4, 0.5) is 5.69 Å². The van der Waals surface area contributed by atoms with Crippen molar-refractivity contribution in [2.75, 3.05) is 24.5 Å². The van der Waals surface area contributed by atoms with Gasteiger partial charge >= 0.3 is 0 Å². The molecular formula is C22H24N6O. The van der Waals surface area contributed by atoms with Gasteiger partial charge in [-0.15, -0.1) is 0 Å². The summed E-state index contributed by atoms with van der Waals surface area (Å²) in [6.45, 7) is 3.04. The molecule has 29 heavy (non-hydrogen) atoms. The number of aromatic nitrogens is 3. The van der Waals surface area contributed by atoms with Gasteiger partial charge in [-0.2, -0.15) is 0 Å². The summed E-state index contributed by atoms with van der Waals surface area (Å²) in [5.74, 6) is 1.02. The van der Waals surface area contributed by atoms with E-state index in [1.54, 1.807) is 12.4 Å². The molecule has 4 heterocycles. The van der Waals surface area contributed by atoms with Gasteiger partial charge in [0.1, 0.15) is 17.4 Å². The Kier molecular flexibility index (Phi) is 4.42. The van der Waals surface area contributed by atoms with Crippen molar-refractivity contribution in [2.45, 2.75) is 25.8 Å². The highest BCUT2D eigenvalue weighted by atomic mass is 16.3. The molecule has 1 fully saturated rings. The van der Waals surface area contributed by atoms with Crippen LogP contribution in [0.5, 0.6) is 0 Å². The summed E-state index contributed by atoms with van der Waals surface area (Å²) in [6.07, 6.45) is 7.25. The summed E-state index contributed by atoms with van der Waals surface area (Å²) in [6, 6.07) is 10.1. The largest absolute Gasteiger partial charge is 0.510 e. The van der Waals surface area contributed by atoms with Crippen molar-refractivity contribution in [3.05, 3.63) is 59.9 Å². The number of H-pyrrole nitrogens is 1. The number of amidine groups is 1. The number of aliphatic hydroxyl groups is 1. The Bertz CT molecular complexity index is 1080. The Morgan fingerprint density at radius 1 is 1.07 bits per heavy atom. The fraction of sp³-hybridized carbons (Fsp3) is 0.318. The summed E-state index contributed by atoms with van der Waals surface area (Å²) >= 11 is 0. The molecule has 0 amide bonds. The average molecular weight is 388 g/mol. The van der Waals surface area contributed by atoms with Gasteiger partial charge in [-0.1, -0.05) is 0 Å². The van der Waals surface area contributed by atoms with Gasteiger partial charge in [-0.3, -0.25) is 10.4 Å². The van der Waals surface area contributed by atoms with Crippen LogP contribution in [-0.2, 0) is 6.54 Å². The topological polar surface area (TPSA) is 92.1 Å². The van der Waals surface area contributed by atoms with E-state index in [0.29, 0.717) is 24.5 Å². The lowest BCUT2D eigenvalue weighted by atomic mass is 10.1. The van der Waals surface area contributed by atoms with Gasteiger partial charge < -0.3 is 19.9 Å². The molecule has 3 N–H and O–H groups in total. The Morgan fingerprint density at radius 3 is 2.66 bits per heavy atom. The van der Waals surface area contributed by atoms with E-state index in [-0.39, 0.29) is 11.6 Å². The highest BCUT2D eigenvalue weighted by Crippen LogP contribution is 2.30. The third kappa shape index (κ3) is 3.33. The zero-order valence-corrected chi connectivity index (χ0v) is 16.2. The second-order valence-electron chi connectivity index (χ2n) is 7.72. The van der Waals surface area contributed by atoms with Gasteiger partial charge in [-0.05, 0) is 55.2 Å². The van der Waals surface area contributed by atoms with Gasteiger partial charge in [0.05, 0.1) is 23.2 Å². The van der Waals surface area contributed by atoms with Crippen molar-refractivity contribution < 1.29 is 5.11 Å². The molecule has 0 spiro atoms. The number of pyridine rings is 1. The third-order valence-electron chi connectivity index (χ3n) is 5.73. The molecule has 5 rings (SSSR count). The zero-order valence-electron chi connectivity index (χ0n) is 16.2. The molecule has 0 unspecified atom stereocenters. The van der Waals surface area contributed by atoms with Gasteiger partial charge in [0.15, 0.2) is 0 Å². The van der Waals surface area contributed by atoms with Gasteiger partial charge in [0, 0.05) is 37.7 Å². The van der Waals surface area contributed by atoms with E-state index in [1.165, 1.54) is 24.9 Å². The quantitative estimate of drug-likeness (QED) is 0.634. The minimum atomic E-state index is 0.180. The highest BCUT2D eigenvalue weighted by Gasteiger charge is 2.30. The number of hydrogen-bond acceptors (Lipinski definition) is 5. The summed E-state index contributed by atoms with van der Waals surface area (Å²) in [5, 5.41) is 19.1. The van der Waals surface area contributed by atoms with Crippen molar-refractivity contribution >= 4 is 28.1 Å². The maximum absolute atomic E-state index is 10.6. The van der Waals surface area contributed by atoms with E-state index in [9.17, 15) is 5.11 Å². The Balaban J connectivity index is 1.41. The molecular weight excluding hydrogens is 364 g/mol. The molecule has 2 aromatic heterocycles. The molecule has 0 saturated carbocycles. The number of anilines is 1. The lowest BCUT2D eigenvalue weighted by Crippen LogP contribution is -2.29. The van der Waals surface area contributed by atoms with Crippen LogP contribution in [0.2, 0.25) is 0 Å². The lowest BCUT2D eigenvalue weighted by molar-refractivity contribution is 0.347. The number of hydrogen-bond donors (Lipinski definition) is 3. The van der Waals surface area contributed by atoms with Crippen LogP contribution in [0.25, 0.3) is 16.6 Å². The van der Waals surface area contributed by atoms with Gasteiger partial charge in [0.2, 0.25) is 0 Å². The fourth-order valence-electron chi connectivity index (χ4n) is 4.19. The van der Waals surface area contributed by atoms with Crippen molar-refractivity contribution in [1.29, 1.82) is 5.41 Å². The Hall–Kier alpha value is -3.35. The number of benzene rings is 1. The first-order chi connectivity index (χ1) is 14.2. The van der Waals surface area contributed by atoms with Crippen molar-refractivity contribution in [1.82, 2.24) is 19.9 Å². The van der Waals surface area contributed by atoms with E-state index in [2.05, 4.69) is 32.0 Å². The minimum absolute atomic E-state index is 0.180. The number of aromatic amines is 1. The first-order valence-electron chi connectivity index (χ1n) is 10.1.